The Morgan fingerprint density at radius 3 is 3.20 bits per heavy atom. The van der Waals surface area contributed by atoms with Gasteiger partial charge in [-0.15, -0.1) is 0 Å². The summed E-state index contributed by atoms with van der Waals surface area (Å²) in [6, 6.07) is 3.75. The number of ether oxygens (including phenoxy) is 1. The monoisotopic (exact) mass is 138 g/mol. The lowest BCUT2D eigenvalue weighted by atomic mass is 10.4. The van der Waals surface area contributed by atoms with Gasteiger partial charge in [0.25, 0.3) is 0 Å². The minimum atomic E-state index is 0.626. The number of rotatable bonds is 3. The summed E-state index contributed by atoms with van der Waals surface area (Å²) in [5, 5.41) is 0. The van der Waals surface area contributed by atoms with Crippen molar-refractivity contribution in [2.75, 3.05) is 13.7 Å². The van der Waals surface area contributed by atoms with Crippen molar-refractivity contribution >= 4 is 6.08 Å². The van der Waals surface area contributed by atoms with E-state index in [0.717, 1.165) is 5.76 Å². The van der Waals surface area contributed by atoms with Gasteiger partial charge in [0.2, 0.25) is 0 Å². The van der Waals surface area contributed by atoms with Crippen molar-refractivity contribution in [2.45, 2.75) is 0 Å². The van der Waals surface area contributed by atoms with Crippen LogP contribution in [0.2, 0.25) is 0 Å². The standard InChI is InChI=1S/C8H10O2/c1-9-6-2-4-8-5-3-7-10-8/h2-5,7H,6H2,1H3. The maximum absolute atomic E-state index is 5.04. The maximum Gasteiger partial charge on any atom is 0.126 e. The lowest BCUT2D eigenvalue weighted by Crippen LogP contribution is -1.78. The summed E-state index contributed by atoms with van der Waals surface area (Å²) in [7, 11) is 1.66. The van der Waals surface area contributed by atoms with E-state index in [9.17, 15) is 0 Å². The van der Waals surface area contributed by atoms with Crippen LogP contribution in [0.3, 0.4) is 0 Å². The Labute approximate surface area is 60.1 Å². The first-order chi connectivity index (χ1) is 4.93. The molecule has 0 N–H and O–H groups in total. The summed E-state index contributed by atoms with van der Waals surface area (Å²) in [6.45, 7) is 0.626. The van der Waals surface area contributed by atoms with Crippen LogP contribution in [0.25, 0.3) is 6.08 Å². The fraction of sp³-hybridized carbons (Fsp3) is 0.250. The van der Waals surface area contributed by atoms with Gasteiger partial charge in [0, 0.05) is 7.11 Å². The molecule has 0 fully saturated rings. The Morgan fingerprint density at radius 1 is 1.70 bits per heavy atom. The van der Waals surface area contributed by atoms with Gasteiger partial charge < -0.3 is 9.15 Å². The molecule has 1 rings (SSSR count). The van der Waals surface area contributed by atoms with E-state index in [-0.39, 0.29) is 0 Å². The van der Waals surface area contributed by atoms with Gasteiger partial charge >= 0.3 is 0 Å². The average Bonchev–Trinajstić information content (AvgIpc) is 2.41. The smallest absolute Gasteiger partial charge is 0.126 e. The molecule has 0 aliphatic carbocycles. The van der Waals surface area contributed by atoms with Gasteiger partial charge in [0.15, 0.2) is 0 Å². The molecule has 54 valence electrons. The van der Waals surface area contributed by atoms with Crippen molar-refractivity contribution in [2.24, 2.45) is 0 Å². The van der Waals surface area contributed by atoms with E-state index in [0.29, 0.717) is 6.61 Å². The average molecular weight is 138 g/mol. The van der Waals surface area contributed by atoms with Gasteiger partial charge in [-0.1, -0.05) is 6.08 Å². The van der Waals surface area contributed by atoms with Crippen molar-refractivity contribution in [3.8, 4) is 0 Å². The van der Waals surface area contributed by atoms with E-state index >= 15 is 0 Å². The third-order valence-electron chi connectivity index (χ3n) is 1.09. The van der Waals surface area contributed by atoms with Crippen LogP contribution in [0.1, 0.15) is 5.76 Å². The van der Waals surface area contributed by atoms with E-state index < -0.39 is 0 Å². The molecule has 1 aromatic heterocycles. The SMILES string of the molecule is COCC=Cc1ccco1. The maximum atomic E-state index is 5.04. The van der Waals surface area contributed by atoms with Crippen LogP contribution in [0.5, 0.6) is 0 Å². The predicted octanol–water partition coefficient (Wildman–Crippen LogP) is 1.94. The molecule has 10 heavy (non-hydrogen) atoms. The molecule has 2 heteroatoms. The second kappa shape index (κ2) is 3.90. The number of hydrogen-bond acceptors (Lipinski definition) is 2. The van der Waals surface area contributed by atoms with E-state index in [1.165, 1.54) is 0 Å². The van der Waals surface area contributed by atoms with Crippen LogP contribution in [-0.2, 0) is 4.74 Å². The largest absolute Gasteiger partial charge is 0.465 e. The van der Waals surface area contributed by atoms with Crippen LogP contribution in [-0.4, -0.2) is 13.7 Å². The van der Waals surface area contributed by atoms with Gasteiger partial charge in [-0.05, 0) is 18.2 Å². The Bertz CT molecular complexity index is 187. The van der Waals surface area contributed by atoms with Gasteiger partial charge in [-0.3, -0.25) is 0 Å². The van der Waals surface area contributed by atoms with E-state index in [1.54, 1.807) is 13.4 Å². The number of methoxy groups -OCH3 is 1. The highest BCUT2D eigenvalue weighted by Crippen LogP contribution is 2.01. The molecule has 0 bridgehead atoms. The first-order valence-corrected chi connectivity index (χ1v) is 3.12. The first-order valence-electron chi connectivity index (χ1n) is 3.12. The van der Waals surface area contributed by atoms with Crippen molar-refractivity contribution in [1.29, 1.82) is 0 Å². The summed E-state index contributed by atoms with van der Waals surface area (Å²) in [5.74, 6) is 0.858. The number of furan rings is 1. The molecular weight excluding hydrogens is 128 g/mol. The fourth-order valence-electron chi connectivity index (χ4n) is 0.647. The highest BCUT2D eigenvalue weighted by atomic mass is 16.5. The van der Waals surface area contributed by atoms with Crippen LogP contribution >= 0.6 is 0 Å². The Balaban J connectivity index is 2.40. The number of hydrogen-bond donors (Lipinski definition) is 0. The minimum absolute atomic E-state index is 0.626. The zero-order valence-corrected chi connectivity index (χ0v) is 5.91. The molecule has 1 heterocycles. The van der Waals surface area contributed by atoms with Crippen molar-refractivity contribution in [3.05, 3.63) is 30.2 Å². The van der Waals surface area contributed by atoms with E-state index in [4.69, 9.17) is 9.15 Å². The molecule has 0 atom stereocenters. The lowest BCUT2D eigenvalue weighted by molar-refractivity contribution is 0.234. The molecule has 0 aliphatic rings. The molecule has 0 spiro atoms. The third kappa shape index (κ3) is 2.07. The first kappa shape index (κ1) is 7.09. The second-order valence-corrected chi connectivity index (χ2v) is 1.87. The highest BCUT2D eigenvalue weighted by Gasteiger charge is 1.84. The predicted molar refractivity (Wildman–Crippen MR) is 39.6 cm³/mol. The minimum Gasteiger partial charge on any atom is -0.465 e. The van der Waals surface area contributed by atoms with Crippen LogP contribution in [0.15, 0.2) is 28.9 Å². The highest BCUT2D eigenvalue weighted by molar-refractivity contribution is 5.41. The van der Waals surface area contributed by atoms with Crippen molar-refractivity contribution in [3.63, 3.8) is 0 Å². The van der Waals surface area contributed by atoms with Crippen molar-refractivity contribution < 1.29 is 9.15 Å². The lowest BCUT2D eigenvalue weighted by Gasteiger charge is -1.85. The summed E-state index contributed by atoms with van der Waals surface area (Å²) in [5.41, 5.74) is 0. The molecule has 1 aromatic rings. The molecule has 0 radical (unpaired) electrons. The quantitative estimate of drug-likeness (QED) is 0.636. The van der Waals surface area contributed by atoms with Crippen LogP contribution in [0.4, 0.5) is 0 Å². The molecule has 0 aromatic carbocycles. The Hall–Kier alpha value is -1.02. The fourth-order valence-corrected chi connectivity index (χ4v) is 0.647. The van der Waals surface area contributed by atoms with Gasteiger partial charge in [-0.25, -0.2) is 0 Å². The summed E-state index contributed by atoms with van der Waals surface area (Å²) >= 11 is 0. The summed E-state index contributed by atoms with van der Waals surface area (Å²) in [6.07, 6.45) is 5.43. The van der Waals surface area contributed by atoms with Crippen LogP contribution < -0.4 is 0 Å². The zero-order valence-electron chi connectivity index (χ0n) is 5.91. The van der Waals surface area contributed by atoms with Gasteiger partial charge in [0.05, 0.1) is 12.9 Å². The molecule has 0 saturated heterocycles. The Morgan fingerprint density at radius 2 is 2.60 bits per heavy atom. The molecular formula is C8H10O2. The molecule has 0 saturated carbocycles. The normalized spacial score (nSPS) is 10.9. The molecule has 0 aliphatic heterocycles. The van der Waals surface area contributed by atoms with Gasteiger partial charge in [-0.2, -0.15) is 0 Å². The van der Waals surface area contributed by atoms with E-state index in [1.807, 2.05) is 24.3 Å². The third-order valence-corrected chi connectivity index (χ3v) is 1.09. The van der Waals surface area contributed by atoms with Crippen molar-refractivity contribution in [1.82, 2.24) is 0 Å². The molecule has 0 unspecified atom stereocenters. The summed E-state index contributed by atoms with van der Waals surface area (Å²) in [4.78, 5) is 0. The molecule has 2 nitrogen and oxygen atoms in total. The second-order valence-electron chi connectivity index (χ2n) is 1.87. The van der Waals surface area contributed by atoms with E-state index in [2.05, 4.69) is 0 Å². The van der Waals surface area contributed by atoms with Gasteiger partial charge in [0.1, 0.15) is 5.76 Å². The molecule has 0 amide bonds. The Kier molecular flexibility index (Phi) is 2.77. The van der Waals surface area contributed by atoms with Crippen LogP contribution in [0, 0.1) is 0 Å². The zero-order chi connectivity index (χ0) is 7.23. The topological polar surface area (TPSA) is 22.4 Å². The summed E-state index contributed by atoms with van der Waals surface area (Å²) < 4.78 is 9.85.